The van der Waals surface area contributed by atoms with Crippen LogP contribution in [-0.4, -0.2) is 50.1 Å². The van der Waals surface area contributed by atoms with Gasteiger partial charge in [-0.1, -0.05) is 18.2 Å². The molecular formula is C19H21F3N2O6S. The molecule has 3 atom stereocenters. The molecule has 2 heterocycles. The summed E-state index contributed by atoms with van der Waals surface area (Å²) in [6.45, 7) is 2.02. The molecule has 31 heavy (non-hydrogen) atoms. The van der Waals surface area contributed by atoms with Crippen molar-refractivity contribution in [2.45, 2.75) is 43.2 Å². The normalized spacial score (nSPS) is 24.2. The number of rotatable bonds is 6. The van der Waals surface area contributed by atoms with Crippen LogP contribution in [0.5, 0.6) is 0 Å². The van der Waals surface area contributed by atoms with Gasteiger partial charge in [-0.2, -0.15) is 13.2 Å². The van der Waals surface area contributed by atoms with Crippen LogP contribution < -0.4 is 5.32 Å². The number of esters is 1. The fourth-order valence-corrected chi connectivity index (χ4v) is 5.00. The third-order valence-electron chi connectivity index (χ3n) is 4.86. The number of hydrogen-bond donors (Lipinski definition) is 1. The lowest BCUT2D eigenvalue weighted by atomic mass is 10.0. The average Bonchev–Trinajstić information content (AvgIpc) is 3.12. The topological polar surface area (TPSA) is 102 Å². The Bertz CT molecular complexity index is 979. The highest BCUT2D eigenvalue weighted by molar-refractivity contribution is 7.89. The van der Waals surface area contributed by atoms with E-state index in [0.29, 0.717) is 16.9 Å². The summed E-state index contributed by atoms with van der Waals surface area (Å²) in [5.41, 5.74) is -1.33. The lowest BCUT2D eigenvalue weighted by molar-refractivity contribution is -0.151. The molecule has 1 fully saturated rings. The minimum Gasteiger partial charge on any atom is -0.466 e. The molecule has 3 rings (SSSR count). The molecule has 0 aromatic heterocycles. The number of benzene rings is 1. The van der Waals surface area contributed by atoms with Gasteiger partial charge in [-0.3, -0.25) is 9.59 Å². The molecule has 2 aliphatic rings. The minimum absolute atomic E-state index is 0.0979. The van der Waals surface area contributed by atoms with Crippen molar-refractivity contribution in [1.82, 2.24) is 9.62 Å². The van der Waals surface area contributed by atoms with Gasteiger partial charge < -0.3 is 14.8 Å². The molecule has 0 saturated carbocycles. The number of ether oxygens (including phenoxy) is 2. The molecule has 0 unspecified atom stereocenters. The van der Waals surface area contributed by atoms with Crippen LogP contribution in [0.25, 0.3) is 0 Å². The molecule has 8 nitrogen and oxygen atoms in total. The molecule has 170 valence electrons. The summed E-state index contributed by atoms with van der Waals surface area (Å²) in [6, 6.07) is 3.78. The number of alkyl halides is 3. The van der Waals surface area contributed by atoms with Gasteiger partial charge in [-0.05, 0) is 19.1 Å². The highest BCUT2D eigenvalue weighted by atomic mass is 32.2. The number of nitrogens with one attached hydrogen (secondary N) is 1. The predicted octanol–water partition coefficient (Wildman–Crippen LogP) is 2.02. The van der Waals surface area contributed by atoms with E-state index in [1.54, 1.807) is 6.92 Å². The van der Waals surface area contributed by atoms with Gasteiger partial charge in [0.15, 0.2) is 0 Å². The summed E-state index contributed by atoms with van der Waals surface area (Å²) in [4.78, 5) is 23.1. The van der Waals surface area contributed by atoms with E-state index in [2.05, 4.69) is 5.32 Å². The summed E-state index contributed by atoms with van der Waals surface area (Å²) in [5.74, 6) is -1.97. The molecule has 12 heteroatoms. The Morgan fingerprint density at radius 2 is 2.00 bits per heavy atom. The lowest BCUT2D eigenvalue weighted by Gasteiger charge is -2.36. The van der Waals surface area contributed by atoms with Crippen LogP contribution in [-0.2, 0) is 35.3 Å². The summed E-state index contributed by atoms with van der Waals surface area (Å²) in [6.07, 6.45) is -5.00. The second-order valence-electron chi connectivity index (χ2n) is 6.92. The molecule has 1 amide bonds. The van der Waals surface area contributed by atoms with E-state index in [-0.39, 0.29) is 19.4 Å². The van der Waals surface area contributed by atoms with Gasteiger partial charge in [-0.25, -0.2) is 12.7 Å². The van der Waals surface area contributed by atoms with E-state index in [4.69, 9.17) is 9.47 Å². The number of amides is 1. The maximum Gasteiger partial charge on any atom is 0.417 e. The van der Waals surface area contributed by atoms with Crippen molar-refractivity contribution in [2.75, 3.05) is 13.2 Å². The zero-order valence-corrected chi connectivity index (χ0v) is 17.3. The molecule has 0 aliphatic carbocycles. The summed E-state index contributed by atoms with van der Waals surface area (Å²) in [7, 11) is -4.73. The maximum atomic E-state index is 13.4. The van der Waals surface area contributed by atoms with Crippen molar-refractivity contribution in [3.05, 3.63) is 42.1 Å². The van der Waals surface area contributed by atoms with Crippen LogP contribution in [0, 0.1) is 5.92 Å². The van der Waals surface area contributed by atoms with Crippen LogP contribution >= 0.6 is 0 Å². The lowest BCUT2D eigenvalue weighted by Crippen LogP contribution is -2.46. The quantitative estimate of drug-likeness (QED) is 0.649. The van der Waals surface area contributed by atoms with E-state index in [0.717, 1.165) is 18.3 Å². The molecule has 0 spiro atoms. The van der Waals surface area contributed by atoms with Crippen molar-refractivity contribution in [1.29, 1.82) is 0 Å². The summed E-state index contributed by atoms with van der Waals surface area (Å²) < 4.78 is 77.9. The summed E-state index contributed by atoms with van der Waals surface area (Å²) >= 11 is 0. The highest BCUT2D eigenvalue weighted by Crippen LogP contribution is 2.37. The number of nitrogens with zero attached hydrogens (tertiary/aromatic N) is 1. The van der Waals surface area contributed by atoms with Gasteiger partial charge in [0, 0.05) is 25.6 Å². The van der Waals surface area contributed by atoms with E-state index in [9.17, 15) is 31.2 Å². The first-order chi connectivity index (χ1) is 14.6. The van der Waals surface area contributed by atoms with Crippen LogP contribution in [0.15, 0.2) is 41.4 Å². The predicted molar refractivity (Wildman–Crippen MR) is 101 cm³/mol. The van der Waals surface area contributed by atoms with Gasteiger partial charge in [0.2, 0.25) is 5.91 Å². The van der Waals surface area contributed by atoms with Gasteiger partial charge in [-0.15, -0.1) is 0 Å². The van der Waals surface area contributed by atoms with Crippen molar-refractivity contribution in [2.24, 2.45) is 5.92 Å². The molecule has 1 saturated heterocycles. The fourth-order valence-electron chi connectivity index (χ4n) is 3.39. The smallest absolute Gasteiger partial charge is 0.417 e. The highest BCUT2D eigenvalue weighted by Gasteiger charge is 2.43. The van der Waals surface area contributed by atoms with Crippen LogP contribution in [0.4, 0.5) is 13.2 Å². The molecule has 1 aromatic rings. The van der Waals surface area contributed by atoms with E-state index < -0.39 is 56.8 Å². The standard InChI is InChI=1S/C19H21F3N2O6S/c1-2-29-18(26)12-8-10-24(16(11-12)30-14-7-9-23-17(14)25)31(27,28)15-6-4-3-5-13(15)19(20,21)22/h3-6,8,10,12,14,16H,2,7,9,11H2,1H3,(H,23,25)/t12-,14-,16-/m0/s1. The van der Waals surface area contributed by atoms with Gasteiger partial charge in [0.05, 0.1) is 23.0 Å². The van der Waals surface area contributed by atoms with Crippen molar-refractivity contribution < 1.29 is 40.7 Å². The molecule has 0 bridgehead atoms. The van der Waals surface area contributed by atoms with E-state index in [1.807, 2.05) is 0 Å². The second-order valence-corrected chi connectivity index (χ2v) is 8.74. The second kappa shape index (κ2) is 8.87. The Morgan fingerprint density at radius 3 is 2.61 bits per heavy atom. The van der Waals surface area contributed by atoms with E-state index >= 15 is 0 Å². The van der Waals surface area contributed by atoms with Crippen LogP contribution in [0.2, 0.25) is 0 Å². The largest absolute Gasteiger partial charge is 0.466 e. The SMILES string of the molecule is CCOC(=O)[C@H]1C=CN(S(=O)(=O)c2ccccc2C(F)(F)F)[C@@H](O[C@H]2CCNC2=O)C1. The molecule has 1 N–H and O–H groups in total. The zero-order valence-electron chi connectivity index (χ0n) is 16.5. The molecule has 0 radical (unpaired) electrons. The molecule has 2 aliphatic heterocycles. The fraction of sp³-hybridized carbons (Fsp3) is 0.474. The number of carbonyl (C=O) groups excluding carboxylic acids is 2. The van der Waals surface area contributed by atoms with Crippen molar-refractivity contribution in [3.63, 3.8) is 0 Å². The Hall–Kier alpha value is -2.60. The van der Waals surface area contributed by atoms with Gasteiger partial charge in [0.1, 0.15) is 12.3 Å². The number of carbonyl (C=O) groups is 2. The van der Waals surface area contributed by atoms with Crippen molar-refractivity contribution in [3.8, 4) is 0 Å². The first-order valence-electron chi connectivity index (χ1n) is 9.53. The minimum atomic E-state index is -4.90. The Labute approximate surface area is 177 Å². The molecule has 1 aromatic carbocycles. The van der Waals surface area contributed by atoms with Crippen molar-refractivity contribution >= 4 is 21.9 Å². The molecular weight excluding hydrogens is 441 g/mol. The maximum absolute atomic E-state index is 13.4. The van der Waals surface area contributed by atoms with E-state index in [1.165, 1.54) is 12.1 Å². The number of sulfonamides is 1. The average molecular weight is 462 g/mol. The van der Waals surface area contributed by atoms with Crippen LogP contribution in [0.1, 0.15) is 25.3 Å². The van der Waals surface area contributed by atoms with Crippen LogP contribution in [0.3, 0.4) is 0 Å². The first-order valence-corrected chi connectivity index (χ1v) is 11.0. The monoisotopic (exact) mass is 462 g/mol. The Morgan fingerprint density at radius 1 is 1.29 bits per heavy atom. The van der Waals surface area contributed by atoms with Gasteiger partial charge >= 0.3 is 12.1 Å². The van der Waals surface area contributed by atoms with Gasteiger partial charge in [0.25, 0.3) is 10.0 Å². The zero-order chi connectivity index (χ0) is 22.8. The number of hydrogen-bond acceptors (Lipinski definition) is 6. The number of halogens is 3. The third-order valence-corrected chi connectivity index (χ3v) is 6.69. The first kappa shape index (κ1) is 23.1. The summed E-state index contributed by atoms with van der Waals surface area (Å²) in [5, 5.41) is 2.54. The Kier molecular flexibility index (Phi) is 6.60. The Balaban J connectivity index is 2.00. The third kappa shape index (κ3) is 4.85.